The lowest BCUT2D eigenvalue weighted by Gasteiger charge is -2.45. The molecular weight excluding hydrogens is 248 g/mol. The highest BCUT2D eigenvalue weighted by Gasteiger charge is 2.39. The molecule has 3 nitrogen and oxygen atoms in total. The molecule has 0 aromatic rings. The van der Waals surface area contributed by atoms with Crippen LogP contribution in [0.3, 0.4) is 0 Å². The Hall–Kier alpha value is -0.280. The summed E-state index contributed by atoms with van der Waals surface area (Å²) in [4.78, 5) is 11.9. The standard InChI is InChI=1S/C14H28N2O.ClH/c1-12(2)7-10(8-13(3,4)9-12)16-11(17)14(5,6)15;/h10H,7-9,15H2,1-6H3,(H,16,17);1H. The molecule has 1 saturated carbocycles. The molecule has 0 saturated heterocycles. The fourth-order valence-electron chi connectivity index (χ4n) is 3.32. The van der Waals surface area contributed by atoms with E-state index in [2.05, 4.69) is 33.0 Å². The van der Waals surface area contributed by atoms with Gasteiger partial charge >= 0.3 is 0 Å². The quantitative estimate of drug-likeness (QED) is 0.815. The fraction of sp³-hybridized carbons (Fsp3) is 0.929. The Labute approximate surface area is 118 Å². The Morgan fingerprint density at radius 1 is 1.17 bits per heavy atom. The van der Waals surface area contributed by atoms with Gasteiger partial charge in [-0.05, 0) is 43.9 Å². The molecule has 108 valence electrons. The minimum atomic E-state index is -0.786. The molecular formula is C14H29ClN2O. The summed E-state index contributed by atoms with van der Waals surface area (Å²) in [6.07, 6.45) is 3.29. The largest absolute Gasteiger partial charge is 0.352 e. The van der Waals surface area contributed by atoms with Gasteiger partial charge in [0.05, 0.1) is 5.54 Å². The minimum absolute atomic E-state index is 0. The van der Waals surface area contributed by atoms with Crippen LogP contribution >= 0.6 is 12.4 Å². The van der Waals surface area contributed by atoms with E-state index in [9.17, 15) is 4.79 Å². The summed E-state index contributed by atoms with van der Waals surface area (Å²) in [6.45, 7) is 12.6. The van der Waals surface area contributed by atoms with Crippen molar-refractivity contribution in [3.8, 4) is 0 Å². The van der Waals surface area contributed by atoms with Gasteiger partial charge in [0, 0.05) is 6.04 Å². The lowest BCUT2D eigenvalue weighted by Crippen LogP contribution is -2.55. The van der Waals surface area contributed by atoms with Gasteiger partial charge < -0.3 is 11.1 Å². The van der Waals surface area contributed by atoms with Crippen molar-refractivity contribution in [1.82, 2.24) is 5.32 Å². The third-order valence-electron chi connectivity index (χ3n) is 3.48. The van der Waals surface area contributed by atoms with Gasteiger partial charge in [0.2, 0.25) is 5.91 Å². The van der Waals surface area contributed by atoms with Crippen molar-refractivity contribution in [3.63, 3.8) is 0 Å². The van der Waals surface area contributed by atoms with Crippen LogP contribution in [0.15, 0.2) is 0 Å². The van der Waals surface area contributed by atoms with E-state index in [1.54, 1.807) is 13.8 Å². The number of nitrogens with two attached hydrogens (primary N) is 1. The third kappa shape index (κ3) is 5.15. The first-order valence-electron chi connectivity index (χ1n) is 6.51. The molecule has 1 aliphatic carbocycles. The zero-order chi connectivity index (χ0) is 13.5. The van der Waals surface area contributed by atoms with E-state index in [1.807, 2.05) is 0 Å². The molecule has 0 unspecified atom stereocenters. The molecule has 0 atom stereocenters. The maximum absolute atomic E-state index is 11.9. The maximum Gasteiger partial charge on any atom is 0.239 e. The van der Waals surface area contributed by atoms with Gasteiger partial charge in [-0.25, -0.2) is 0 Å². The van der Waals surface area contributed by atoms with Crippen LogP contribution in [-0.4, -0.2) is 17.5 Å². The molecule has 0 spiro atoms. The number of nitrogens with one attached hydrogen (secondary N) is 1. The van der Waals surface area contributed by atoms with E-state index < -0.39 is 5.54 Å². The molecule has 4 heteroatoms. The van der Waals surface area contributed by atoms with E-state index in [0.717, 1.165) is 12.8 Å². The lowest BCUT2D eigenvalue weighted by molar-refractivity contribution is -0.126. The van der Waals surface area contributed by atoms with Crippen molar-refractivity contribution in [1.29, 1.82) is 0 Å². The topological polar surface area (TPSA) is 55.1 Å². The van der Waals surface area contributed by atoms with E-state index in [0.29, 0.717) is 10.8 Å². The van der Waals surface area contributed by atoms with Crippen molar-refractivity contribution in [2.24, 2.45) is 16.6 Å². The smallest absolute Gasteiger partial charge is 0.239 e. The van der Waals surface area contributed by atoms with E-state index in [-0.39, 0.29) is 24.4 Å². The molecule has 0 aromatic carbocycles. The van der Waals surface area contributed by atoms with Crippen LogP contribution in [0.5, 0.6) is 0 Å². The number of amides is 1. The zero-order valence-electron chi connectivity index (χ0n) is 12.6. The van der Waals surface area contributed by atoms with Gasteiger partial charge in [0.15, 0.2) is 0 Å². The number of rotatable bonds is 2. The van der Waals surface area contributed by atoms with Gasteiger partial charge in [0.25, 0.3) is 0 Å². The number of hydrogen-bond acceptors (Lipinski definition) is 2. The highest BCUT2D eigenvalue weighted by molar-refractivity contribution is 5.85. The number of carbonyl (C=O) groups excluding carboxylic acids is 1. The summed E-state index contributed by atoms with van der Waals surface area (Å²) in [5, 5.41) is 3.11. The summed E-state index contributed by atoms with van der Waals surface area (Å²) >= 11 is 0. The van der Waals surface area contributed by atoms with Gasteiger partial charge in [-0.1, -0.05) is 27.7 Å². The Bertz CT molecular complexity index is 289. The first-order valence-corrected chi connectivity index (χ1v) is 6.51. The Morgan fingerprint density at radius 2 is 1.56 bits per heavy atom. The summed E-state index contributed by atoms with van der Waals surface area (Å²) < 4.78 is 0. The average Bonchev–Trinajstić information content (AvgIpc) is 1.94. The molecule has 18 heavy (non-hydrogen) atoms. The Kier molecular flexibility index (Phi) is 5.29. The highest BCUT2D eigenvalue weighted by atomic mass is 35.5. The molecule has 1 fully saturated rings. The molecule has 0 radical (unpaired) electrons. The van der Waals surface area contributed by atoms with Crippen LogP contribution in [0.25, 0.3) is 0 Å². The van der Waals surface area contributed by atoms with Gasteiger partial charge in [-0.15, -0.1) is 12.4 Å². The zero-order valence-corrected chi connectivity index (χ0v) is 13.4. The van der Waals surface area contributed by atoms with E-state index in [1.165, 1.54) is 6.42 Å². The van der Waals surface area contributed by atoms with Crippen molar-refractivity contribution in [2.75, 3.05) is 0 Å². The van der Waals surface area contributed by atoms with Crippen molar-refractivity contribution in [2.45, 2.75) is 72.4 Å². The second kappa shape index (κ2) is 5.38. The molecule has 0 heterocycles. The summed E-state index contributed by atoms with van der Waals surface area (Å²) in [5.74, 6) is -0.0454. The van der Waals surface area contributed by atoms with Crippen LogP contribution in [0.2, 0.25) is 0 Å². The lowest BCUT2D eigenvalue weighted by atomic mass is 9.63. The Balaban J connectivity index is 0.00000289. The SMILES string of the molecule is CC1(C)CC(NC(=O)C(C)(C)N)CC(C)(C)C1.Cl. The van der Waals surface area contributed by atoms with E-state index >= 15 is 0 Å². The van der Waals surface area contributed by atoms with Gasteiger partial charge in [-0.2, -0.15) is 0 Å². The second-order valence-electron chi connectivity index (χ2n) is 7.81. The van der Waals surface area contributed by atoms with Crippen molar-refractivity contribution >= 4 is 18.3 Å². The van der Waals surface area contributed by atoms with Gasteiger partial charge in [0.1, 0.15) is 0 Å². The van der Waals surface area contributed by atoms with Crippen LogP contribution in [0.4, 0.5) is 0 Å². The summed E-state index contributed by atoms with van der Waals surface area (Å²) in [5.41, 5.74) is 5.61. The van der Waals surface area contributed by atoms with Crippen LogP contribution < -0.4 is 11.1 Å². The number of carbonyl (C=O) groups is 1. The molecule has 1 rings (SSSR count). The first kappa shape index (κ1) is 17.7. The first-order chi connectivity index (χ1) is 7.41. The monoisotopic (exact) mass is 276 g/mol. The maximum atomic E-state index is 11.9. The van der Waals surface area contributed by atoms with Crippen LogP contribution in [0, 0.1) is 10.8 Å². The predicted octanol–water partition coefficient (Wildman–Crippen LogP) is 2.87. The van der Waals surface area contributed by atoms with Crippen LogP contribution in [-0.2, 0) is 4.79 Å². The predicted molar refractivity (Wildman–Crippen MR) is 78.9 cm³/mol. The molecule has 0 bridgehead atoms. The van der Waals surface area contributed by atoms with Crippen molar-refractivity contribution in [3.05, 3.63) is 0 Å². The minimum Gasteiger partial charge on any atom is -0.352 e. The molecule has 0 aromatic heterocycles. The van der Waals surface area contributed by atoms with Gasteiger partial charge in [-0.3, -0.25) is 4.79 Å². The molecule has 0 aliphatic heterocycles. The summed E-state index contributed by atoms with van der Waals surface area (Å²) in [6, 6.07) is 0.254. The molecule has 3 N–H and O–H groups in total. The third-order valence-corrected chi connectivity index (χ3v) is 3.48. The van der Waals surface area contributed by atoms with Crippen LogP contribution in [0.1, 0.15) is 60.8 Å². The second-order valence-corrected chi connectivity index (χ2v) is 7.81. The number of halogens is 1. The average molecular weight is 277 g/mol. The highest BCUT2D eigenvalue weighted by Crippen LogP contribution is 2.45. The summed E-state index contributed by atoms with van der Waals surface area (Å²) in [7, 11) is 0. The fourth-order valence-corrected chi connectivity index (χ4v) is 3.32. The normalized spacial score (nSPS) is 23.1. The van der Waals surface area contributed by atoms with E-state index in [4.69, 9.17) is 5.73 Å². The molecule has 1 amide bonds. The Morgan fingerprint density at radius 3 is 1.89 bits per heavy atom. The molecule has 1 aliphatic rings. The number of hydrogen-bond donors (Lipinski definition) is 2. The van der Waals surface area contributed by atoms with Crippen molar-refractivity contribution < 1.29 is 4.79 Å².